The molecule has 0 spiro atoms. The van der Waals surface area contributed by atoms with Gasteiger partial charge in [0.1, 0.15) is 12.4 Å². The maximum absolute atomic E-state index is 10.7. The lowest BCUT2D eigenvalue weighted by Crippen LogP contribution is -2.20. The van der Waals surface area contributed by atoms with Crippen LogP contribution in [0.2, 0.25) is 0 Å². The molecule has 0 saturated heterocycles. The van der Waals surface area contributed by atoms with Crippen molar-refractivity contribution in [2.45, 2.75) is 34.2 Å². The molecule has 0 bridgehead atoms. The largest absolute Gasteiger partial charge is 0.519 e. The van der Waals surface area contributed by atoms with Crippen molar-refractivity contribution in [2.75, 3.05) is 13.2 Å². The topological polar surface area (TPSA) is 81.7 Å². The van der Waals surface area contributed by atoms with Crippen LogP contribution in [-0.2, 0) is 16.1 Å². The molecule has 0 aliphatic rings. The molecule has 0 saturated carbocycles. The van der Waals surface area contributed by atoms with Crippen LogP contribution < -0.4 is 11.1 Å². The lowest BCUT2D eigenvalue weighted by molar-refractivity contribution is -0.140. The van der Waals surface area contributed by atoms with Gasteiger partial charge in [-0.05, 0) is 6.92 Å². The zero-order valence-corrected chi connectivity index (χ0v) is 10.7. The molecule has 6 nitrogen and oxygen atoms in total. The van der Waals surface area contributed by atoms with Crippen molar-refractivity contribution in [1.29, 1.82) is 0 Å². The first-order valence-electron chi connectivity index (χ1n) is 5.53. The number of aryl methyl sites for hydroxylation is 1. The molecule has 1 N–H and O–H groups in total. The van der Waals surface area contributed by atoms with Crippen molar-refractivity contribution in [3.8, 4) is 0 Å². The van der Waals surface area contributed by atoms with Crippen molar-refractivity contribution in [3.05, 3.63) is 22.1 Å². The Morgan fingerprint density at radius 1 is 1.35 bits per heavy atom. The van der Waals surface area contributed by atoms with Gasteiger partial charge in [-0.3, -0.25) is 4.79 Å². The zero-order chi connectivity index (χ0) is 13.3. The fraction of sp³-hybridized carbons (Fsp3) is 0.636. The standard InChI is InChI=1S/C9H13NO5.C2H6/c1-6-8(15-9(12)14-6)5-10-3-4-13-7(2)11;1-2/h10H,3-5H2,1-2H3;1-2H3. The number of nitrogens with one attached hydrogen (secondary N) is 1. The molecule has 0 unspecified atom stereocenters. The van der Waals surface area contributed by atoms with Crippen LogP contribution in [0.4, 0.5) is 0 Å². The molecule has 0 fully saturated rings. The summed E-state index contributed by atoms with van der Waals surface area (Å²) in [6.45, 7) is 8.15. The molecule has 0 amide bonds. The van der Waals surface area contributed by atoms with E-state index >= 15 is 0 Å². The summed E-state index contributed by atoms with van der Waals surface area (Å²) in [5.41, 5.74) is 0. The predicted molar refractivity (Wildman–Crippen MR) is 61.7 cm³/mol. The van der Waals surface area contributed by atoms with E-state index in [4.69, 9.17) is 9.15 Å². The Morgan fingerprint density at radius 3 is 2.47 bits per heavy atom. The average Bonchev–Trinajstić information content (AvgIpc) is 2.59. The van der Waals surface area contributed by atoms with Gasteiger partial charge in [-0.2, -0.15) is 0 Å². The van der Waals surface area contributed by atoms with Gasteiger partial charge in [0.25, 0.3) is 0 Å². The third kappa shape index (κ3) is 6.57. The van der Waals surface area contributed by atoms with Gasteiger partial charge in [0.05, 0.1) is 6.54 Å². The Kier molecular flexibility index (Phi) is 7.79. The number of ether oxygens (including phenoxy) is 1. The van der Waals surface area contributed by atoms with Crippen molar-refractivity contribution >= 4 is 5.97 Å². The van der Waals surface area contributed by atoms with E-state index in [9.17, 15) is 9.59 Å². The second-order valence-corrected chi connectivity index (χ2v) is 2.95. The fourth-order valence-electron chi connectivity index (χ4n) is 1.00. The van der Waals surface area contributed by atoms with Crippen LogP contribution in [0.5, 0.6) is 0 Å². The van der Waals surface area contributed by atoms with Gasteiger partial charge in [-0.15, -0.1) is 0 Å². The van der Waals surface area contributed by atoms with Crippen LogP contribution in [0, 0.1) is 6.92 Å². The maximum Gasteiger partial charge on any atom is 0.519 e. The van der Waals surface area contributed by atoms with E-state index in [1.165, 1.54) is 6.92 Å². The van der Waals surface area contributed by atoms with Crippen molar-refractivity contribution in [3.63, 3.8) is 0 Å². The van der Waals surface area contributed by atoms with Crippen LogP contribution in [0.1, 0.15) is 32.3 Å². The maximum atomic E-state index is 10.7. The highest BCUT2D eigenvalue weighted by Gasteiger charge is 2.06. The fourth-order valence-corrected chi connectivity index (χ4v) is 1.00. The molecule has 17 heavy (non-hydrogen) atoms. The SMILES string of the molecule is CC.CC(=O)OCCNCc1oc(=O)oc1C. The van der Waals surface area contributed by atoms with E-state index < -0.39 is 5.82 Å². The molecular formula is C11H19NO5. The number of carbonyl (C=O) groups excluding carboxylic acids is 1. The monoisotopic (exact) mass is 245 g/mol. The molecule has 1 heterocycles. The van der Waals surface area contributed by atoms with E-state index in [0.29, 0.717) is 24.6 Å². The number of carbonyl (C=O) groups is 1. The first-order chi connectivity index (χ1) is 8.09. The molecular weight excluding hydrogens is 226 g/mol. The van der Waals surface area contributed by atoms with Gasteiger partial charge < -0.3 is 18.9 Å². The summed E-state index contributed by atoms with van der Waals surface area (Å²) in [4.78, 5) is 21.1. The lowest BCUT2D eigenvalue weighted by Gasteiger charge is -2.02. The highest BCUT2D eigenvalue weighted by molar-refractivity contribution is 5.65. The Labute approximate surface area is 99.9 Å². The third-order valence-corrected chi connectivity index (χ3v) is 1.71. The minimum absolute atomic E-state index is 0.288. The molecule has 1 rings (SSSR count). The molecule has 98 valence electrons. The highest BCUT2D eigenvalue weighted by atomic mass is 16.6. The normalized spacial score (nSPS) is 9.41. The molecule has 6 heteroatoms. The summed E-state index contributed by atoms with van der Waals surface area (Å²) in [6.07, 6.45) is 0. The molecule has 1 aromatic heterocycles. The Hall–Kier alpha value is -1.56. The summed E-state index contributed by atoms with van der Waals surface area (Å²) in [5.74, 6) is -0.102. The number of esters is 1. The number of hydrogen-bond acceptors (Lipinski definition) is 6. The molecule has 0 aromatic carbocycles. The van der Waals surface area contributed by atoms with Gasteiger partial charge in [0, 0.05) is 13.5 Å². The minimum atomic E-state index is -0.704. The molecule has 1 aromatic rings. The van der Waals surface area contributed by atoms with Crippen LogP contribution >= 0.6 is 0 Å². The third-order valence-electron chi connectivity index (χ3n) is 1.71. The molecule has 0 radical (unpaired) electrons. The highest BCUT2D eigenvalue weighted by Crippen LogP contribution is 2.03. The van der Waals surface area contributed by atoms with Crippen molar-refractivity contribution in [1.82, 2.24) is 5.32 Å². The summed E-state index contributed by atoms with van der Waals surface area (Å²) in [5, 5.41) is 2.94. The van der Waals surface area contributed by atoms with Crippen molar-refractivity contribution < 1.29 is 18.4 Å². The van der Waals surface area contributed by atoms with E-state index in [-0.39, 0.29) is 12.6 Å². The van der Waals surface area contributed by atoms with Crippen molar-refractivity contribution in [2.24, 2.45) is 0 Å². The van der Waals surface area contributed by atoms with Gasteiger partial charge in [-0.1, -0.05) is 13.8 Å². The first kappa shape index (κ1) is 15.4. The summed E-state index contributed by atoms with van der Waals surface area (Å²) in [7, 11) is 0. The van der Waals surface area contributed by atoms with E-state index in [0.717, 1.165) is 0 Å². The first-order valence-corrected chi connectivity index (χ1v) is 5.53. The van der Waals surface area contributed by atoms with Crippen LogP contribution in [0.3, 0.4) is 0 Å². The average molecular weight is 245 g/mol. The summed E-state index contributed by atoms with van der Waals surface area (Å²) in [6, 6.07) is 0. The molecule has 0 aliphatic carbocycles. The van der Waals surface area contributed by atoms with Gasteiger partial charge in [0.15, 0.2) is 5.76 Å². The van der Waals surface area contributed by atoms with E-state index in [2.05, 4.69) is 9.73 Å². The Bertz CT molecular complexity index is 379. The molecule has 0 atom stereocenters. The summed E-state index contributed by atoms with van der Waals surface area (Å²) < 4.78 is 14.1. The molecule has 0 aliphatic heterocycles. The predicted octanol–water partition coefficient (Wildman–Crippen LogP) is 1.22. The van der Waals surface area contributed by atoms with Crippen LogP contribution in [0.25, 0.3) is 0 Å². The zero-order valence-electron chi connectivity index (χ0n) is 10.7. The summed E-state index contributed by atoms with van der Waals surface area (Å²) >= 11 is 0. The van der Waals surface area contributed by atoms with Gasteiger partial charge in [0.2, 0.25) is 0 Å². The minimum Gasteiger partial charge on any atom is -0.465 e. The van der Waals surface area contributed by atoms with Gasteiger partial charge in [-0.25, -0.2) is 4.79 Å². The Morgan fingerprint density at radius 2 is 2.00 bits per heavy atom. The second-order valence-electron chi connectivity index (χ2n) is 2.95. The number of rotatable bonds is 5. The Balaban J connectivity index is 0.00000121. The quantitative estimate of drug-likeness (QED) is 0.620. The van der Waals surface area contributed by atoms with Gasteiger partial charge >= 0.3 is 11.8 Å². The van der Waals surface area contributed by atoms with Crippen LogP contribution in [0.15, 0.2) is 13.6 Å². The smallest absolute Gasteiger partial charge is 0.465 e. The van der Waals surface area contributed by atoms with E-state index in [1.54, 1.807) is 6.92 Å². The number of hydrogen-bond donors (Lipinski definition) is 1. The van der Waals surface area contributed by atoms with E-state index in [1.807, 2.05) is 13.8 Å². The lowest BCUT2D eigenvalue weighted by atomic mass is 10.4. The van der Waals surface area contributed by atoms with Crippen LogP contribution in [-0.4, -0.2) is 19.1 Å². The second kappa shape index (κ2) is 8.58.